The zero-order chi connectivity index (χ0) is 28.8. The molecule has 0 atom stereocenters. The van der Waals surface area contributed by atoms with E-state index in [4.69, 9.17) is 15.2 Å². The SMILES string of the molecule is COc1ccc(N2CCN(C(=O)CSc3nnc(N)n3CC(=O)N3CCN(c4ccc(OC)cc4)CC3)CC2)cc1. The van der Waals surface area contributed by atoms with E-state index in [1.807, 2.05) is 58.3 Å². The van der Waals surface area contributed by atoms with E-state index in [-0.39, 0.29) is 30.1 Å². The third-order valence-corrected chi connectivity index (χ3v) is 8.45. The van der Waals surface area contributed by atoms with Crippen molar-refractivity contribution in [3.05, 3.63) is 48.5 Å². The summed E-state index contributed by atoms with van der Waals surface area (Å²) in [7, 11) is 3.30. The number of carbonyl (C=O) groups is 2. The van der Waals surface area contributed by atoms with Crippen LogP contribution < -0.4 is 25.0 Å². The van der Waals surface area contributed by atoms with Crippen molar-refractivity contribution in [3.63, 3.8) is 0 Å². The van der Waals surface area contributed by atoms with Crippen molar-refractivity contribution in [2.24, 2.45) is 0 Å². The molecule has 2 aliphatic rings. The van der Waals surface area contributed by atoms with Crippen LogP contribution in [0.15, 0.2) is 53.7 Å². The molecular weight excluding hydrogens is 544 g/mol. The van der Waals surface area contributed by atoms with Crippen molar-refractivity contribution >= 4 is 40.9 Å². The van der Waals surface area contributed by atoms with Gasteiger partial charge in [-0.2, -0.15) is 0 Å². The number of anilines is 3. The van der Waals surface area contributed by atoms with Gasteiger partial charge in [0.1, 0.15) is 18.0 Å². The topological polar surface area (TPSA) is 122 Å². The fourth-order valence-electron chi connectivity index (χ4n) is 5.02. The van der Waals surface area contributed by atoms with Gasteiger partial charge >= 0.3 is 0 Å². The van der Waals surface area contributed by atoms with Gasteiger partial charge in [0.25, 0.3) is 0 Å². The Labute approximate surface area is 244 Å². The zero-order valence-electron chi connectivity index (χ0n) is 23.4. The predicted octanol–water partition coefficient (Wildman–Crippen LogP) is 1.67. The summed E-state index contributed by atoms with van der Waals surface area (Å²) in [6.45, 7) is 5.51. The van der Waals surface area contributed by atoms with E-state index in [1.54, 1.807) is 18.8 Å². The normalized spacial score (nSPS) is 15.7. The molecule has 0 bridgehead atoms. The lowest BCUT2D eigenvalue weighted by atomic mass is 10.2. The largest absolute Gasteiger partial charge is 0.497 e. The molecule has 0 aliphatic carbocycles. The van der Waals surface area contributed by atoms with Crippen LogP contribution in [0.25, 0.3) is 0 Å². The zero-order valence-corrected chi connectivity index (χ0v) is 24.3. The number of piperazine rings is 2. The quantitative estimate of drug-likeness (QED) is 0.374. The average molecular weight is 581 g/mol. The molecule has 1 aromatic heterocycles. The van der Waals surface area contributed by atoms with Gasteiger partial charge in [0, 0.05) is 63.7 Å². The Balaban J connectivity index is 1.09. The van der Waals surface area contributed by atoms with Crippen LogP contribution in [-0.4, -0.2) is 109 Å². The molecular formula is C28H36N8O4S. The number of aromatic nitrogens is 3. The first-order valence-corrected chi connectivity index (χ1v) is 14.6. The van der Waals surface area contributed by atoms with Crippen molar-refractivity contribution in [2.75, 3.05) is 87.9 Å². The third-order valence-electron chi connectivity index (χ3n) is 7.50. The highest BCUT2D eigenvalue weighted by atomic mass is 32.2. The monoisotopic (exact) mass is 580 g/mol. The Kier molecular flexibility index (Phi) is 9.02. The molecule has 0 radical (unpaired) electrons. The lowest BCUT2D eigenvalue weighted by molar-refractivity contribution is -0.132. The van der Waals surface area contributed by atoms with Crippen LogP contribution in [0.3, 0.4) is 0 Å². The molecule has 0 unspecified atom stereocenters. The molecule has 218 valence electrons. The fourth-order valence-corrected chi connectivity index (χ4v) is 5.87. The van der Waals surface area contributed by atoms with Crippen molar-refractivity contribution in [1.29, 1.82) is 0 Å². The Morgan fingerprint density at radius 1 is 0.732 bits per heavy atom. The summed E-state index contributed by atoms with van der Waals surface area (Å²) in [6, 6.07) is 15.9. The fraction of sp³-hybridized carbons (Fsp3) is 0.429. The number of nitrogen functional groups attached to an aromatic ring is 1. The van der Waals surface area contributed by atoms with Gasteiger partial charge in [-0.05, 0) is 48.5 Å². The summed E-state index contributed by atoms with van der Waals surface area (Å²) < 4.78 is 12.1. The highest BCUT2D eigenvalue weighted by molar-refractivity contribution is 7.99. The summed E-state index contributed by atoms with van der Waals surface area (Å²) in [5.74, 6) is 1.99. The summed E-state index contributed by atoms with van der Waals surface area (Å²) >= 11 is 1.26. The van der Waals surface area contributed by atoms with Gasteiger partial charge in [0.05, 0.1) is 20.0 Å². The number of carbonyl (C=O) groups excluding carboxylic acids is 2. The molecule has 2 amide bonds. The number of thioether (sulfide) groups is 1. The van der Waals surface area contributed by atoms with Crippen LogP contribution in [0.5, 0.6) is 11.5 Å². The Morgan fingerprint density at radius 3 is 1.66 bits per heavy atom. The van der Waals surface area contributed by atoms with Crippen LogP contribution in [0.1, 0.15) is 0 Å². The lowest BCUT2D eigenvalue weighted by Gasteiger charge is -2.36. The molecule has 2 aliphatic heterocycles. The van der Waals surface area contributed by atoms with Crippen LogP contribution in [0.4, 0.5) is 17.3 Å². The first kappa shape index (κ1) is 28.4. The second-order valence-electron chi connectivity index (χ2n) is 9.85. The molecule has 3 heterocycles. The minimum atomic E-state index is -0.0475. The van der Waals surface area contributed by atoms with E-state index in [1.165, 1.54) is 11.8 Å². The number of hydrogen-bond donors (Lipinski definition) is 1. The Morgan fingerprint density at radius 2 is 1.20 bits per heavy atom. The summed E-state index contributed by atoms with van der Waals surface area (Å²) in [5, 5.41) is 8.57. The van der Waals surface area contributed by atoms with Gasteiger partial charge in [-0.3, -0.25) is 14.2 Å². The molecule has 0 spiro atoms. The number of benzene rings is 2. The van der Waals surface area contributed by atoms with Crippen molar-refractivity contribution in [3.8, 4) is 11.5 Å². The second-order valence-corrected chi connectivity index (χ2v) is 10.8. The van der Waals surface area contributed by atoms with Crippen molar-refractivity contribution in [2.45, 2.75) is 11.7 Å². The number of rotatable bonds is 9. The van der Waals surface area contributed by atoms with Gasteiger partial charge in [-0.1, -0.05) is 11.8 Å². The minimum absolute atomic E-state index is 0.0264. The maximum atomic E-state index is 13.1. The highest BCUT2D eigenvalue weighted by Gasteiger charge is 2.25. The molecule has 3 aromatic rings. The van der Waals surface area contributed by atoms with E-state index >= 15 is 0 Å². The first-order chi connectivity index (χ1) is 19.9. The van der Waals surface area contributed by atoms with Crippen LogP contribution in [0.2, 0.25) is 0 Å². The summed E-state index contributed by atoms with van der Waals surface area (Å²) in [5.41, 5.74) is 8.27. The number of hydrogen-bond acceptors (Lipinski definition) is 10. The van der Waals surface area contributed by atoms with Gasteiger partial charge in [0.2, 0.25) is 17.8 Å². The van der Waals surface area contributed by atoms with Crippen LogP contribution in [0, 0.1) is 0 Å². The lowest BCUT2D eigenvalue weighted by Crippen LogP contribution is -2.49. The molecule has 2 saturated heterocycles. The molecule has 2 aromatic carbocycles. The first-order valence-electron chi connectivity index (χ1n) is 13.6. The van der Waals surface area contributed by atoms with E-state index in [0.29, 0.717) is 31.3 Å². The molecule has 0 saturated carbocycles. The van der Waals surface area contributed by atoms with E-state index in [0.717, 1.165) is 49.1 Å². The highest BCUT2D eigenvalue weighted by Crippen LogP contribution is 2.24. The molecule has 41 heavy (non-hydrogen) atoms. The van der Waals surface area contributed by atoms with E-state index in [2.05, 4.69) is 20.0 Å². The number of nitrogens with zero attached hydrogens (tertiary/aromatic N) is 7. The molecule has 2 N–H and O–H groups in total. The summed E-state index contributed by atoms with van der Waals surface area (Å²) in [4.78, 5) is 34.3. The molecule has 2 fully saturated rings. The number of nitrogens with two attached hydrogens (primary N) is 1. The standard InChI is InChI=1S/C28H36N8O4S/c1-39-23-7-3-21(4-8-23)32-11-15-34(16-12-32)25(37)19-36-27(29)30-31-28(36)41-20-26(38)35-17-13-33(14-18-35)22-5-9-24(40-2)10-6-22/h3-10H,11-20H2,1-2H3,(H2,29,30). The summed E-state index contributed by atoms with van der Waals surface area (Å²) in [6.07, 6.45) is 0. The number of methoxy groups -OCH3 is 2. The smallest absolute Gasteiger partial charge is 0.242 e. The van der Waals surface area contributed by atoms with Crippen LogP contribution in [-0.2, 0) is 16.1 Å². The molecule has 13 heteroatoms. The van der Waals surface area contributed by atoms with Crippen LogP contribution >= 0.6 is 11.8 Å². The minimum Gasteiger partial charge on any atom is -0.497 e. The maximum Gasteiger partial charge on any atom is 0.242 e. The third kappa shape index (κ3) is 6.79. The second kappa shape index (κ2) is 13.0. The van der Waals surface area contributed by atoms with Gasteiger partial charge in [-0.15, -0.1) is 10.2 Å². The number of ether oxygens (including phenoxy) is 2. The Bertz CT molecular complexity index is 1320. The van der Waals surface area contributed by atoms with Gasteiger partial charge in [0.15, 0.2) is 5.16 Å². The van der Waals surface area contributed by atoms with E-state index in [9.17, 15) is 9.59 Å². The predicted molar refractivity (Wildman–Crippen MR) is 159 cm³/mol. The molecule has 12 nitrogen and oxygen atoms in total. The van der Waals surface area contributed by atoms with Crippen molar-refractivity contribution in [1.82, 2.24) is 24.6 Å². The Hall–Kier alpha value is -4.13. The number of amides is 2. The van der Waals surface area contributed by atoms with E-state index < -0.39 is 0 Å². The van der Waals surface area contributed by atoms with Crippen molar-refractivity contribution < 1.29 is 19.1 Å². The molecule has 5 rings (SSSR count). The maximum absolute atomic E-state index is 13.1. The average Bonchev–Trinajstić information content (AvgIpc) is 3.38. The van der Waals surface area contributed by atoms with Gasteiger partial charge in [-0.25, -0.2) is 0 Å². The van der Waals surface area contributed by atoms with Gasteiger partial charge < -0.3 is 34.8 Å².